The van der Waals surface area contributed by atoms with Gasteiger partial charge in [0.2, 0.25) is 0 Å². The van der Waals surface area contributed by atoms with Crippen molar-refractivity contribution in [3.8, 4) is 11.5 Å². The number of rotatable bonds is 3. The molecule has 0 fully saturated rings. The van der Waals surface area contributed by atoms with E-state index >= 15 is 0 Å². The second-order valence-corrected chi connectivity index (χ2v) is 10.3. The molecule has 0 spiro atoms. The first-order valence-electron chi connectivity index (χ1n) is 7.93. The van der Waals surface area contributed by atoms with Gasteiger partial charge in [-0.15, -0.1) is 6.32 Å². The van der Waals surface area contributed by atoms with Gasteiger partial charge >= 0.3 is 0 Å². The molecule has 2 rings (SSSR count). The summed E-state index contributed by atoms with van der Waals surface area (Å²) in [5.41, 5.74) is 1.39. The number of nitrogens with one attached hydrogen (secondary N) is 1. The predicted octanol–water partition coefficient (Wildman–Crippen LogP) is 4.15. The molecule has 21 heavy (non-hydrogen) atoms. The van der Waals surface area contributed by atoms with E-state index < -0.39 is 14.8 Å². The lowest BCUT2D eigenvalue weighted by Gasteiger charge is -2.48. The third-order valence-corrected chi connectivity index (χ3v) is 7.77. The molecule has 1 aliphatic heterocycles. The third kappa shape index (κ3) is 2.77. The van der Waals surface area contributed by atoms with Crippen LogP contribution in [-0.4, -0.2) is 21.8 Å². The van der Waals surface area contributed by atoms with Gasteiger partial charge in [0.1, 0.15) is 11.5 Å². The normalized spacial score (nSPS) is 27.9. The second kappa shape index (κ2) is 5.89. The minimum absolute atomic E-state index is 0.854. The topological polar surface area (TPSA) is 30.5 Å². The molecule has 1 N–H and O–H groups in total. The summed E-state index contributed by atoms with van der Waals surface area (Å²) in [5.74, 6) is 1.73. The SMILES string of the molecule is CC/C1=C(\C)[Si](C)(C)Oc2ccccc2O[B-]1(CC)NC. The highest BCUT2D eigenvalue weighted by Gasteiger charge is 2.38. The van der Waals surface area contributed by atoms with Crippen molar-refractivity contribution in [2.24, 2.45) is 0 Å². The van der Waals surface area contributed by atoms with Crippen LogP contribution in [0, 0.1) is 0 Å². The monoisotopic (exact) mass is 304 g/mol. The molecule has 1 aromatic carbocycles. The minimum Gasteiger partial charge on any atom is -0.695 e. The van der Waals surface area contributed by atoms with Gasteiger partial charge in [0.15, 0.2) is 0 Å². The Morgan fingerprint density at radius 1 is 1.14 bits per heavy atom. The van der Waals surface area contributed by atoms with Crippen LogP contribution in [0.4, 0.5) is 0 Å². The van der Waals surface area contributed by atoms with Crippen molar-refractivity contribution in [3.05, 3.63) is 34.9 Å². The number of allylic oxidation sites excluding steroid dienone is 2. The van der Waals surface area contributed by atoms with Gasteiger partial charge < -0.3 is 14.3 Å². The van der Waals surface area contributed by atoms with Gasteiger partial charge in [0.05, 0.1) is 0 Å². The molecule has 0 bridgehead atoms. The highest BCUT2D eigenvalue weighted by atomic mass is 28.4. The maximum Gasteiger partial charge on any atom is 0.269 e. The summed E-state index contributed by atoms with van der Waals surface area (Å²) < 4.78 is 12.9. The fourth-order valence-electron chi connectivity index (χ4n) is 3.37. The van der Waals surface area contributed by atoms with E-state index in [9.17, 15) is 0 Å². The van der Waals surface area contributed by atoms with Gasteiger partial charge in [-0.3, -0.25) is 0 Å². The average Bonchev–Trinajstić information content (AvgIpc) is 2.47. The number of hydrogen-bond donors (Lipinski definition) is 1. The average molecular weight is 304 g/mol. The quantitative estimate of drug-likeness (QED) is 0.851. The lowest BCUT2D eigenvalue weighted by molar-refractivity contribution is 0.468. The molecule has 116 valence electrons. The largest absolute Gasteiger partial charge is 0.695 e. The van der Waals surface area contributed by atoms with Crippen molar-refractivity contribution in [2.75, 3.05) is 7.05 Å². The van der Waals surface area contributed by atoms with Gasteiger partial charge in [-0.2, -0.15) is 5.47 Å². The Labute approximate surface area is 129 Å². The lowest BCUT2D eigenvalue weighted by Crippen LogP contribution is -2.58. The first kappa shape index (κ1) is 16.2. The highest BCUT2D eigenvalue weighted by molar-refractivity contribution is 6.85. The first-order chi connectivity index (χ1) is 9.90. The van der Waals surface area contributed by atoms with Gasteiger partial charge in [0.25, 0.3) is 14.8 Å². The van der Waals surface area contributed by atoms with Crippen LogP contribution in [-0.2, 0) is 0 Å². The Balaban J connectivity index is 2.69. The lowest BCUT2D eigenvalue weighted by atomic mass is 9.43. The van der Waals surface area contributed by atoms with E-state index in [2.05, 4.69) is 39.1 Å². The predicted molar refractivity (Wildman–Crippen MR) is 93.5 cm³/mol. The van der Waals surface area contributed by atoms with E-state index in [0.717, 1.165) is 24.2 Å². The molecule has 1 atom stereocenters. The molecule has 0 amide bonds. The summed E-state index contributed by atoms with van der Waals surface area (Å²) in [4.78, 5) is 0. The Morgan fingerprint density at radius 2 is 1.76 bits per heavy atom. The van der Waals surface area contributed by atoms with Crippen LogP contribution in [0.15, 0.2) is 34.9 Å². The van der Waals surface area contributed by atoms with Crippen molar-refractivity contribution in [3.63, 3.8) is 0 Å². The smallest absolute Gasteiger partial charge is 0.269 e. The van der Waals surface area contributed by atoms with Crippen molar-refractivity contribution in [2.45, 2.75) is 46.6 Å². The van der Waals surface area contributed by atoms with Crippen LogP contribution in [0.2, 0.25) is 19.4 Å². The van der Waals surface area contributed by atoms with Crippen LogP contribution in [0.1, 0.15) is 27.2 Å². The molecule has 1 aromatic rings. The zero-order chi connectivity index (χ0) is 15.7. The minimum atomic E-state index is -1.96. The van der Waals surface area contributed by atoms with Gasteiger partial charge in [-0.05, 0) is 32.2 Å². The summed E-state index contributed by atoms with van der Waals surface area (Å²) in [6.45, 7) is 9.96. The molecule has 3 nitrogen and oxygen atoms in total. The summed E-state index contributed by atoms with van der Waals surface area (Å²) >= 11 is 0. The molecule has 0 saturated carbocycles. The van der Waals surface area contributed by atoms with Crippen molar-refractivity contribution >= 4 is 14.8 Å². The molecule has 0 radical (unpaired) electrons. The number of fused-ring (bicyclic) bond motifs is 1. The van der Waals surface area contributed by atoms with Gasteiger partial charge in [0, 0.05) is 0 Å². The molecular formula is C16H27BNO2Si-. The molecule has 1 aliphatic rings. The Morgan fingerprint density at radius 3 is 2.29 bits per heavy atom. The van der Waals surface area contributed by atoms with Crippen LogP contribution >= 0.6 is 0 Å². The maximum absolute atomic E-state index is 6.48. The molecule has 1 heterocycles. The molecule has 0 saturated heterocycles. The first-order valence-corrected chi connectivity index (χ1v) is 10.8. The zero-order valence-corrected chi connectivity index (χ0v) is 15.1. The molecule has 0 aliphatic carbocycles. The zero-order valence-electron chi connectivity index (χ0n) is 14.1. The fraction of sp³-hybridized carbons (Fsp3) is 0.500. The number of benzene rings is 1. The Bertz CT molecular complexity index is 553. The van der Waals surface area contributed by atoms with E-state index in [1.54, 1.807) is 0 Å². The third-order valence-electron chi connectivity index (χ3n) is 4.91. The van der Waals surface area contributed by atoms with Crippen LogP contribution < -0.4 is 14.3 Å². The fourth-order valence-corrected chi connectivity index (χ4v) is 5.42. The number of hydrogen-bond acceptors (Lipinski definition) is 3. The number of para-hydroxylation sites is 2. The van der Waals surface area contributed by atoms with Crippen LogP contribution in [0.25, 0.3) is 0 Å². The summed E-state index contributed by atoms with van der Waals surface area (Å²) in [7, 11) is 0.0482. The van der Waals surface area contributed by atoms with E-state index in [0.29, 0.717) is 0 Å². The van der Waals surface area contributed by atoms with E-state index in [-0.39, 0.29) is 0 Å². The van der Waals surface area contributed by atoms with E-state index in [1.165, 1.54) is 10.7 Å². The summed E-state index contributed by atoms with van der Waals surface area (Å²) in [6.07, 6.45) is 1.93. The van der Waals surface area contributed by atoms with Crippen molar-refractivity contribution in [1.82, 2.24) is 5.23 Å². The standard InChI is InChI=1S/C16H27BNO2Si/c1-7-14-13(3)21(5,6)20-16-12-10-9-11-15(16)19-17(14,8-2)18-4/h9-12,18H,7-8H2,1-6H3/q-1/b14-13-. The summed E-state index contributed by atoms with van der Waals surface area (Å²) in [6, 6.07) is 8.04. The molecular weight excluding hydrogens is 277 g/mol. The van der Waals surface area contributed by atoms with Crippen LogP contribution in [0.3, 0.4) is 0 Å². The van der Waals surface area contributed by atoms with Crippen molar-refractivity contribution in [1.29, 1.82) is 0 Å². The van der Waals surface area contributed by atoms with Gasteiger partial charge in [-0.1, -0.05) is 44.6 Å². The van der Waals surface area contributed by atoms with Gasteiger partial charge in [-0.25, -0.2) is 0 Å². The maximum atomic E-state index is 6.48. The summed E-state index contributed by atoms with van der Waals surface area (Å²) in [5, 5.41) is 4.89. The Kier molecular flexibility index (Phi) is 4.54. The molecule has 5 heteroatoms. The second-order valence-electron chi connectivity index (χ2n) is 6.33. The highest BCUT2D eigenvalue weighted by Crippen LogP contribution is 2.39. The Hall–Kier alpha value is -1.20. The van der Waals surface area contributed by atoms with E-state index in [1.807, 2.05) is 31.3 Å². The molecule has 0 aromatic heterocycles. The van der Waals surface area contributed by atoms with Crippen LogP contribution in [0.5, 0.6) is 11.5 Å². The van der Waals surface area contributed by atoms with E-state index in [4.69, 9.17) is 9.08 Å². The van der Waals surface area contributed by atoms with Crippen molar-refractivity contribution < 1.29 is 9.08 Å². The molecule has 1 unspecified atom stereocenters.